The summed E-state index contributed by atoms with van der Waals surface area (Å²) in [4.78, 5) is 0. The van der Waals surface area contributed by atoms with Gasteiger partial charge in [-0.3, -0.25) is 0 Å². The normalized spacial score (nSPS) is 12.7. The molecule has 0 amide bonds. The molecule has 0 saturated carbocycles. The minimum atomic E-state index is -0.724. The predicted molar refractivity (Wildman–Crippen MR) is 61.8 cm³/mol. The third kappa shape index (κ3) is 11.5. The van der Waals surface area contributed by atoms with Crippen molar-refractivity contribution in [1.29, 1.82) is 0 Å². The lowest BCUT2D eigenvalue weighted by Crippen LogP contribution is -2.19. The van der Waals surface area contributed by atoms with E-state index in [0.29, 0.717) is 6.61 Å². The summed E-state index contributed by atoms with van der Waals surface area (Å²) in [7, 11) is 0. The highest BCUT2D eigenvalue weighted by molar-refractivity contribution is 4.65. The van der Waals surface area contributed by atoms with Crippen LogP contribution in [0.15, 0.2) is 12.7 Å². The van der Waals surface area contributed by atoms with Crippen molar-refractivity contribution < 1.29 is 14.9 Å². The van der Waals surface area contributed by atoms with E-state index in [4.69, 9.17) is 14.9 Å². The SMILES string of the molecule is C=CCCCCCCCOCC(O)CO. The van der Waals surface area contributed by atoms with Gasteiger partial charge in [-0.25, -0.2) is 0 Å². The average Bonchev–Trinajstić information content (AvgIpc) is 2.26. The second-order valence-electron chi connectivity index (χ2n) is 3.76. The lowest BCUT2D eigenvalue weighted by Gasteiger charge is -2.07. The van der Waals surface area contributed by atoms with Crippen LogP contribution >= 0.6 is 0 Å². The van der Waals surface area contributed by atoms with Crippen molar-refractivity contribution in [2.45, 2.75) is 44.6 Å². The first-order chi connectivity index (χ1) is 7.31. The van der Waals surface area contributed by atoms with E-state index < -0.39 is 6.10 Å². The Bertz CT molecular complexity index is 137. The molecule has 0 bridgehead atoms. The fraction of sp³-hybridized carbons (Fsp3) is 0.833. The summed E-state index contributed by atoms with van der Waals surface area (Å²) >= 11 is 0. The molecule has 0 aliphatic heterocycles. The monoisotopic (exact) mass is 216 g/mol. The number of hydrogen-bond acceptors (Lipinski definition) is 3. The molecule has 3 nitrogen and oxygen atoms in total. The van der Waals surface area contributed by atoms with Gasteiger partial charge in [0.1, 0.15) is 6.10 Å². The van der Waals surface area contributed by atoms with Crippen LogP contribution in [0, 0.1) is 0 Å². The van der Waals surface area contributed by atoms with Crippen LogP contribution in [0.2, 0.25) is 0 Å². The molecule has 0 aromatic rings. The zero-order valence-electron chi connectivity index (χ0n) is 9.53. The van der Waals surface area contributed by atoms with Gasteiger partial charge < -0.3 is 14.9 Å². The summed E-state index contributed by atoms with van der Waals surface area (Å²) < 4.78 is 5.19. The molecule has 15 heavy (non-hydrogen) atoms. The highest BCUT2D eigenvalue weighted by atomic mass is 16.5. The molecule has 0 aliphatic rings. The first-order valence-electron chi connectivity index (χ1n) is 5.78. The number of aliphatic hydroxyl groups is 2. The van der Waals surface area contributed by atoms with Crippen LogP contribution in [-0.4, -0.2) is 36.1 Å². The van der Waals surface area contributed by atoms with Crippen molar-refractivity contribution in [3.63, 3.8) is 0 Å². The number of ether oxygens (including phenoxy) is 1. The Kier molecular flexibility index (Phi) is 11.4. The molecular weight excluding hydrogens is 192 g/mol. The lowest BCUT2D eigenvalue weighted by atomic mass is 10.1. The molecule has 0 spiro atoms. The van der Waals surface area contributed by atoms with E-state index >= 15 is 0 Å². The van der Waals surface area contributed by atoms with Gasteiger partial charge in [-0.05, 0) is 19.3 Å². The Hall–Kier alpha value is -0.380. The Morgan fingerprint density at radius 3 is 2.47 bits per heavy atom. The number of aliphatic hydroxyl groups excluding tert-OH is 2. The molecule has 0 aromatic carbocycles. The van der Waals surface area contributed by atoms with E-state index in [-0.39, 0.29) is 13.2 Å². The minimum absolute atomic E-state index is 0.221. The zero-order valence-corrected chi connectivity index (χ0v) is 9.53. The summed E-state index contributed by atoms with van der Waals surface area (Å²) in [5.74, 6) is 0. The Labute approximate surface area is 92.8 Å². The largest absolute Gasteiger partial charge is 0.394 e. The average molecular weight is 216 g/mol. The maximum absolute atomic E-state index is 8.97. The summed E-state index contributed by atoms with van der Waals surface area (Å²) in [6.45, 7) is 4.38. The van der Waals surface area contributed by atoms with E-state index in [2.05, 4.69) is 6.58 Å². The van der Waals surface area contributed by atoms with E-state index in [1.165, 1.54) is 25.7 Å². The van der Waals surface area contributed by atoms with Crippen LogP contribution in [0.25, 0.3) is 0 Å². The summed E-state index contributed by atoms with van der Waals surface area (Å²) in [5.41, 5.74) is 0. The standard InChI is InChI=1S/C12H24O3/c1-2-3-4-5-6-7-8-9-15-11-12(14)10-13/h2,12-14H,1,3-11H2. The highest BCUT2D eigenvalue weighted by Crippen LogP contribution is 2.05. The first kappa shape index (κ1) is 14.6. The molecule has 0 saturated heterocycles. The number of allylic oxidation sites excluding steroid dienone is 1. The van der Waals surface area contributed by atoms with Crippen molar-refractivity contribution in [2.75, 3.05) is 19.8 Å². The van der Waals surface area contributed by atoms with Gasteiger partial charge in [-0.15, -0.1) is 6.58 Å². The number of hydrogen-bond donors (Lipinski definition) is 2. The summed E-state index contributed by atoms with van der Waals surface area (Å²) in [6, 6.07) is 0. The van der Waals surface area contributed by atoms with Gasteiger partial charge in [0.25, 0.3) is 0 Å². The first-order valence-corrected chi connectivity index (χ1v) is 5.78. The number of unbranched alkanes of at least 4 members (excludes halogenated alkanes) is 5. The van der Waals surface area contributed by atoms with Crippen molar-refractivity contribution in [1.82, 2.24) is 0 Å². The van der Waals surface area contributed by atoms with Gasteiger partial charge in [0.15, 0.2) is 0 Å². The molecule has 2 N–H and O–H groups in total. The van der Waals surface area contributed by atoms with Crippen molar-refractivity contribution >= 4 is 0 Å². The Morgan fingerprint density at radius 1 is 1.13 bits per heavy atom. The molecule has 0 aliphatic carbocycles. The molecular formula is C12H24O3. The Balaban J connectivity index is 2.95. The highest BCUT2D eigenvalue weighted by Gasteiger charge is 2.00. The molecule has 0 radical (unpaired) electrons. The lowest BCUT2D eigenvalue weighted by molar-refractivity contribution is 0.00526. The molecule has 3 heteroatoms. The van der Waals surface area contributed by atoms with Gasteiger partial charge in [0, 0.05) is 6.61 Å². The van der Waals surface area contributed by atoms with Crippen molar-refractivity contribution in [3.05, 3.63) is 12.7 Å². The van der Waals surface area contributed by atoms with Crippen LogP contribution in [0.3, 0.4) is 0 Å². The third-order valence-electron chi connectivity index (χ3n) is 2.22. The van der Waals surface area contributed by atoms with Crippen molar-refractivity contribution in [3.8, 4) is 0 Å². The van der Waals surface area contributed by atoms with E-state index in [1.54, 1.807) is 0 Å². The van der Waals surface area contributed by atoms with E-state index in [9.17, 15) is 0 Å². The van der Waals surface area contributed by atoms with E-state index in [0.717, 1.165) is 12.8 Å². The van der Waals surface area contributed by atoms with Gasteiger partial charge >= 0.3 is 0 Å². The fourth-order valence-corrected chi connectivity index (χ4v) is 1.30. The molecule has 1 atom stereocenters. The molecule has 90 valence electrons. The van der Waals surface area contributed by atoms with E-state index in [1.807, 2.05) is 6.08 Å². The second kappa shape index (κ2) is 11.7. The summed E-state index contributed by atoms with van der Waals surface area (Å²) in [5, 5.41) is 17.5. The quantitative estimate of drug-likeness (QED) is 0.409. The zero-order chi connectivity index (χ0) is 11.4. The molecule has 0 fully saturated rings. The van der Waals surface area contributed by atoms with Gasteiger partial charge in [-0.1, -0.05) is 25.3 Å². The minimum Gasteiger partial charge on any atom is -0.394 e. The van der Waals surface area contributed by atoms with Crippen LogP contribution in [-0.2, 0) is 4.74 Å². The van der Waals surface area contributed by atoms with Crippen LogP contribution in [0.4, 0.5) is 0 Å². The molecule has 0 aromatic heterocycles. The smallest absolute Gasteiger partial charge is 0.100 e. The molecule has 0 heterocycles. The second-order valence-corrected chi connectivity index (χ2v) is 3.76. The Morgan fingerprint density at radius 2 is 1.80 bits per heavy atom. The van der Waals surface area contributed by atoms with Gasteiger partial charge in [-0.2, -0.15) is 0 Å². The van der Waals surface area contributed by atoms with Crippen molar-refractivity contribution in [2.24, 2.45) is 0 Å². The fourth-order valence-electron chi connectivity index (χ4n) is 1.30. The van der Waals surface area contributed by atoms with Crippen LogP contribution < -0.4 is 0 Å². The molecule has 1 unspecified atom stereocenters. The maximum Gasteiger partial charge on any atom is 0.100 e. The molecule has 0 rings (SSSR count). The predicted octanol–water partition coefficient (Wildman–Crippen LogP) is 1.88. The summed E-state index contributed by atoms with van der Waals surface area (Å²) in [6.07, 6.45) is 8.27. The third-order valence-corrected chi connectivity index (χ3v) is 2.22. The topological polar surface area (TPSA) is 49.7 Å². The van der Waals surface area contributed by atoms with Gasteiger partial charge in [0.05, 0.1) is 13.2 Å². The van der Waals surface area contributed by atoms with Crippen LogP contribution in [0.5, 0.6) is 0 Å². The number of rotatable bonds is 11. The maximum atomic E-state index is 8.97. The van der Waals surface area contributed by atoms with Crippen LogP contribution in [0.1, 0.15) is 38.5 Å². The van der Waals surface area contributed by atoms with Gasteiger partial charge in [0.2, 0.25) is 0 Å².